The smallest absolute Gasteiger partial charge is 0.356 e. The van der Waals surface area contributed by atoms with Crippen molar-refractivity contribution >= 4 is 39.7 Å². The minimum absolute atomic E-state index is 0.0666. The van der Waals surface area contributed by atoms with Gasteiger partial charge in [-0.2, -0.15) is 8.42 Å². The first-order chi connectivity index (χ1) is 20.0. The first kappa shape index (κ1) is 31.0. The van der Waals surface area contributed by atoms with Gasteiger partial charge < -0.3 is 15.2 Å². The molecule has 5 rings (SSSR count). The average Bonchev–Trinajstić information content (AvgIpc) is 2.98. The normalized spacial score (nSPS) is 17.9. The number of fused-ring (bicyclic) bond motifs is 1. The molecule has 1 saturated heterocycles. The molecule has 0 unspecified atom stereocenters. The molecular weight excluding hydrogens is 580 g/mol. The predicted molar refractivity (Wildman–Crippen MR) is 157 cm³/mol. The lowest BCUT2D eigenvalue weighted by Crippen LogP contribution is -2.68. The maximum absolute atomic E-state index is 13.4. The van der Waals surface area contributed by atoms with Gasteiger partial charge in [-0.15, -0.1) is 11.8 Å². The molecule has 2 heterocycles. The summed E-state index contributed by atoms with van der Waals surface area (Å²) in [6.45, 7) is 3.05. The standard InChI is InChI=1S/C23H22N2O5S.C7H8O3S/c1-14(26)29-12-17-13-31-22-18(24)21(27)25(22)19(17)23(28)30-20(15-8-4-2-5-9-15)16-10-6-3-7-11-16;1-6-2-4-7(5-3-6)11(8,9)10/h2-11,18,20,22H,12-13,24H2,1H3;2-5H,1H3,(H,8,9,10)/t18-,22-;/m1./s1. The van der Waals surface area contributed by atoms with Crippen LogP contribution in [0, 0.1) is 6.92 Å². The minimum Gasteiger partial charge on any atom is -0.461 e. The monoisotopic (exact) mass is 610 g/mol. The number of β-lactam (4-membered cyclic amide) rings is 1. The van der Waals surface area contributed by atoms with Gasteiger partial charge in [-0.3, -0.25) is 19.0 Å². The van der Waals surface area contributed by atoms with Crippen LogP contribution in [-0.4, -0.2) is 59.5 Å². The number of hydrogen-bond donors (Lipinski definition) is 2. The van der Waals surface area contributed by atoms with Crippen LogP contribution in [0.2, 0.25) is 0 Å². The number of ether oxygens (including phenoxy) is 2. The predicted octanol–water partition coefficient (Wildman–Crippen LogP) is 3.62. The van der Waals surface area contributed by atoms with Gasteiger partial charge in [0.1, 0.15) is 23.7 Å². The van der Waals surface area contributed by atoms with Crippen LogP contribution < -0.4 is 5.73 Å². The highest BCUT2D eigenvalue weighted by Gasteiger charge is 2.52. The van der Waals surface area contributed by atoms with E-state index in [-0.39, 0.29) is 28.5 Å². The third-order valence-electron chi connectivity index (χ3n) is 6.48. The molecule has 1 fully saturated rings. The van der Waals surface area contributed by atoms with Crippen molar-refractivity contribution in [3.8, 4) is 0 Å². The second kappa shape index (κ2) is 13.3. The molecule has 3 aromatic rings. The summed E-state index contributed by atoms with van der Waals surface area (Å²) in [6, 6.07) is 24.1. The molecule has 0 spiro atoms. The van der Waals surface area contributed by atoms with Crippen molar-refractivity contribution in [2.45, 2.75) is 36.3 Å². The zero-order valence-corrected chi connectivity index (χ0v) is 24.5. The molecule has 0 aliphatic carbocycles. The summed E-state index contributed by atoms with van der Waals surface area (Å²) in [5.41, 5.74) is 9.13. The Bertz CT molecular complexity index is 1540. The highest BCUT2D eigenvalue weighted by Crippen LogP contribution is 2.40. The van der Waals surface area contributed by atoms with E-state index in [1.807, 2.05) is 67.6 Å². The van der Waals surface area contributed by atoms with Gasteiger partial charge in [-0.25, -0.2) is 4.79 Å². The van der Waals surface area contributed by atoms with Crippen molar-refractivity contribution in [3.05, 3.63) is 113 Å². The van der Waals surface area contributed by atoms with Gasteiger partial charge in [-0.1, -0.05) is 78.4 Å². The summed E-state index contributed by atoms with van der Waals surface area (Å²) < 4.78 is 40.6. The lowest BCUT2D eigenvalue weighted by atomic mass is 10.0. The number of nitrogens with zero attached hydrogens (tertiary/aromatic N) is 1. The van der Waals surface area contributed by atoms with E-state index >= 15 is 0 Å². The van der Waals surface area contributed by atoms with E-state index in [0.29, 0.717) is 11.3 Å². The van der Waals surface area contributed by atoms with Crippen LogP contribution in [0.25, 0.3) is 0 Å². The largest absolute Gasteiger partial charge is 0.461 e. The highest BCUT2D eigenvalue weighted by atomic mass is 32.2. The first-order valence-corrected chi connectivity index (χ1v) is 15.4. The quantitative estimate of drug-likeness (QED) is 0.230. The number of esters is 2. The zero-order chi connectivity index (χ0) is 30.4. The van der Waals surface area contributed by atoms with Crippen LogP contribution in [0.3, 0.4) is 0 Å². The maximum Gasteiger partial charge on any atom is 0.356 e. The molecule has 0 aromatic heterocycles. The number of benzene rings is 3. The van der Waals surface area contributed by atoms with Crippen molar-refractivity contribution in [2.24, 2.45) is 5.73 Å². The fourth-order valence-electron chi connectivity index (χ4n) is 4.33. The molecule has 2 aliphatic rings. The zero-order valence-electron chi connectivity index (χ0n) is 22.9. The average molecular weight is 611 g/mol. The van der Waals surface area contributed by atoms with Crippen LogP contribution in [0.1, 0.15) is 29.7 Å². The number of aryl methyl sites for hydroxylation is 1. The Labute approximate surface area is 248 Å². The second-order valence-corrected chi connectivity index (χ2v) is 12.1. The second-order valence-electron chi connectivity index (χ2n) is 9.56. The van der Waals surface area contributed by atoms with E-state index in [2.05, 4.69) is 0 Å². The Hall–Kier alpha value is -3.97. The number of hydrogen-bond acceptors (Lipinski definition) is 9. The van der Waals surface area contributed by atoms with Gasteiger partial charge >= 0.3 is 11.9 Å². The Morgan fingerprint density at radius 3 is 2.05 bits per heavy atom. The van der Waals surface area contributed by atoms with Crippen molar-refractivity contribution in [2.75, 3.05) is 12.4 Å². The Kier molecular flexibility index (Phi) is 9.84. The van der Waals surface area contributed by atoms with Gasteiger partial charge in [-0.05, 0) is 30.2 Å². The third-order valence-corrected chi connectivity index (χ3v) is 8.71. The molecule has 3 N–H and O–H groups in total. The van der Waals surface area contributed by atoms with Crippen LogP contribution >= 0.6 is 11.8 Å². The highest BCUT2D eigenvalue weighted by molar-refractivity contribution is 8.00. The van der Waals surface area contributed by atoms with E-state index in [9.17, 15) is 22.8 Å². The number of rotatable bonds is 7. The third kappa shape index (κ3) is 7.26. The number of thioether (sulfide) groups is 1. The van der Waals surface area contributed by atoms with Crippen LogP contribution in [0.15, 0.2) is 101 Å². The molecule has 2 atom stereocenters. The van der Waals surface area contributed by atoms with Gasteiger partial charge in [0.2, 0.25) is 5.91 Å². The van der Waals surface area contributed by atoms with Gasteiger partial charge in [0.25, 0.3) is 10.1 Å². The molecule has 1 amide bonds. The van der Waals surface area contributed by atoms with E-state index in [1.165, 1.54) is 35.7 Å². The van der Waals surface area contributed by atoms with Gasteiger partial charge in [0.05, 0.1) is 4.90 Å². The Balaban J connectivity index is 0.000000310. The fourth-order valence-corrected chi connectivity index (χ4v) is 6.08. The molecule has 2 aliphatic heterocycles. The van der Waals surface area contributed by atoms with Crippen molar-refractivity contribution in [1.29, 1.82) is 0 Å². The van der Waals surface area contributed by atoms with Crippen LogP contribution in [-0.2, 0) is 34.0 Å². The van der Waals surface area contributed by atoms with Crippen LogP contribution in [0.5, 0.6) is 0 Å². The number of carbonyl (C=O) groups excluding carboxylic acids is 3. The molecule has 3 aromatic carbocycles. The number of amides is 1. The van der Waals surface area contributed by atoms with Crippen molar-refractivity contribution < 1.29 is 36.8 Å². The van der Waals surface area contributed by atoms with Crippen LogP contribution in [0.4, 0.5) is 0 Å². The summed E-state index contributed by atoms with van der Waals surface area (Å²) in [5.74, 6) is -1.04. The van der Waals surface area contributed by atoms with Crippen molar-refractivity contribution in [3.63, 3.8) is 0 Å². The van der Waals surface area contributed by atoms with E-state index in [4.69, 9.17) is 19.8 Å². The number of nitrogens with two attached hydrogens (primary N) is 1. The molecule has 10 nitrogen and oxygen atoms in total. The lowest BCUT2D eigenvalue weighted by Gasteiger charge is -2.48. The molecular formula is C30H30N2O8S2. The Morgan fingerprint density at radius 1 is 1.00 bits per heavy atom. The van der Waals surface area contributed by atoms with E-state index in [1.54, 1.807) is 12.1 Å². The van der Waals surface area contributed by atoms with Crippen molar-refractivity contribution in [1.82, 2.24) is 4.90 Å². The van der Waals surface area contributed by atoms with Gasteiger partial charge in [0.15, 0.2) is 6.10 Å². The molecule has 0 radical (unpaired) electrons. The van der Waals surface area contributed by atoms with Gasteiger partial charge in [0, 0.05) is 18.2 Å². The van der Waals surface area contributed by atoms with E-state index < -0.39 is 34.2 Å². The molecule has 0 bridgehead atoms. The van der Waals surface area contributed by atoms with E-state index in [0.717, 1.165) is 16.7 Å². The summed E-state index contributed by atoms with van der Waals surface area (Å²) in [7, 11) is -4.02. The summed E-state index contributed by atoms with van der Waals surface area (Å²) in [4.78, 5) is 38.5. The molecule has 0 saturated carbocycles. The summed E-state index contributed by atoms with van der Waals surface area (Å²) in [6.07, 6.45) is -0.657. The Morgan fingerprint density at radius 2 is 1.55 bits per heavy atom. The summed E-state index contributed by atoms with van der Waals surface area (Å²) >= 11 is 1.44. The SMILES string of the molecule is CC(=O)OCC1=C(C(=O)OC(c2ccccc2)c2ccccc2)N2C(=O)[C@@H](N)[C@H]2SC1.Cc1ccc(S(=O)(=O)O)cc1. The first-order valence-electron chi connectivity index (χ1n) is 12.9. The molecule has 12 heteroatoms. The molecule has 42 heavy (non-hydrogen) atoms. The lowest BCUT2D eigenvalue weighted by molar-refractivity contribution is -0.153. The minimum atomic E-state index is -4.02. The summed E-state index contributed by atoms with van der Waals surface area (Å²) in [5, 5.41) is -0.331. The maximum atomic E-state index is 13.4. The number of carbonyl (C=O) groups is 3. The molecule has 220 valence electrons. The topological polar surface area (TPSA) is 153 Å². The fraction of sp³-hybridized carbons (Fsp3) is 0.233.